The van der Waals surface area contributed by atoms with Crippen molar-refractivity contribution in [1.82, 2.24) is 14.9 Å². The Morgan fingerprint density at radius 3 is 2.86 bits per heavy atom. The molecule has 2 aromatic rings. The van der Waals surface area contributed by atoms with Gasteiger partial charge in [-0.2, -0.15) is 0 Å². The van der Waals surface area contributed by atoms with Gasteiger partial charge in [-0.1, -0.05) is 38.5 Å². The molecule has 2 aromatic heterocycles. The summed E-state index contributed by atoms with van der Waals surface area (Å²) in [5.74, 6) is 1.19. The molecule has 2 aliphatic carbocycles. The lowest BCUT2D eigenvalue weighted by Gasteiger charge is -2.35. The number of nitrogens with one attached hydrogen (secondary N) is 1. The molecule has 1 N–H and O–H groups in total. The molecule has 4 rings (SSSR count). The maximum Gasteiger partial charge on any atom is 0.262 e. The maximum atomic E-state index is 12.9. The van der Waals surface area contributed by atoms with Crippen LogP contribution in [-0.2, 0) is 24.7 Å². The third kappa shape index (κ3) is 3.52. The van der Waals surface area contributed by atoms with E-state index in [0.717, 1.165) is 35.9 Å². The number of aromatic nitrogens is 2. The predicted octanol–water partition coefficient (Wildman–Crippen LogP) is 3.91. The molecule has 1 amide bonds. The highest BCUT2D eigenvalue weighted by Gasteiger charge is 2.30. The Morgan fingerprint density at radius 2 is 2.07 bits per heavy atom. The molecule has 1 saturated carbocycles. The zero-order chi connectivity index (χ0) is 20.0. The molecule has 0 bridgehead atoms. The normalized spacial score (nSPS) is 25.6. The topological polar surface area (TPSA) is 64.0 Å². The van der Waals surface area contributed by atoms with Gasteiger partial charge in [0.05, 0.1) is 10.6 Å². The van der Waals surface area contributed by atoms with Crippen LogP contribution < -0.4 is 10.9 Å². The number of thiophene rings is 1. The first kappa shape index (κ1) is 20.0. The highest BCUT2D eigenvalue weighted by molar-refractivity contribution is 8.00. The number of hydrogen-bond donors (Lipinski definition) is 1. The van der Waals surface area contributed by atoms with Gasteiger partial charge in [0, 0.05) is 18.0 Å². The molecular formula is C21H29N3O2S2. The van der Waals surface area contributed by atoms with E-state index in [0.29, 0.717) is 17.0 Å². The molecule has 4 atom stereocenters. The van der Waals surface area contributed by atoms with Gasteiger partial charge in [-0.05, 0) is 50.0 Å². The molecule has 2 heterocycles. The molecule has 0 saturated heterocycles. The number of fused-ring (bicyclic) bond motifs is 3. The van der Waals surface area contributed by atoms with Gasteiger partial charge in [0.2, 0.25) is 5.91 Å². The number of aryl methyl sites for hydroxylation is 2. The molecule has 152 valence electrons. The molecule has 2 aliphatic rings. The quantitative estimate of drug-likeness (QED) is 0.603. The van der Waals surface area contributed by atoms with Crippen molar-refractivity contribution < 1.29 is 4.79 Å². The Balaban J connectivity index is 1.52. The second-order valence-electron chi connectivity index (χ2n) is 8.44. The number of carbonyl (C=O) groups is 1. The van der Waals surface area contributed by atoms with Gasteiger partial charge in [0.15, 0.2) is 5.16 Å². The van der Waals surface area contributed by atoms with E-state index in [-0.39, 0.29) is 22.8 Å². The lowest BCUT2D eigenvalue weighted by Crippen LogP contribution is -2.46. The van der Waals surface area contributed by atoms with Gasteiger partial charge in [-0.15, -0.1) is 11.3 Å². The monoisotopic (exact) mass is 419 g/mol. The minimum Gasteiger partial charge on any atom is -0.352 e. The van der Waals surface area contributed by atoms with E-state index in [2.05, 4.69) is 19.2 Å². The van der Waals surface area contributed by atoms with E-state index >= 15 is 0 Å². The van der Waals surface area contributed by atoms with Crippen LogP contribution in [0.3, 0.4) is 0 Å². The van der Waals surface area contributed by atoms with Gasteiger partial charge >= 0.3 is 0 Å². The first-order valence-electron chi connectivity index (χ1n) is 10.3. The van der Waals surface area contributed by atoms with Crippen LogP contribution in [0.1, 0.15) is 56.9 Å². The average molecular weight is 420 g/mol. The molecule has 0 unspecified atom stereocenters. The Kier molecular flexibility index (Phi) is 5.58. The van der Waals surface area contributed by atoms with E-state index in [1.165, 1.54) is 35.0 Å². The first-order chi connectivity index (χ1) is 13.4. The summed E-state index contributed by atoms with van der Waals surface area (Å²) < 4.78 is 1.62. The number of hydrogen-bond acceptors (Lipinski definition) is 5. The summed E-state index contributed by atoms with van der Waals surface area (Å²) in [6, 6.07) is 0.249. The van der Waals surface area contributed by atoms with Crippen molar-refractivity contribution in [2.24, 2.45) is 18.9 Å². The van der Waals surface area contributed by atoms with E-state index in [9.17, 15) is 9.59 Å². The standard InChI is InChI=1S/C21H29N3O2S2/c1-11-7-5-9-15(12(11)2)22-18(25)13(3)27-21-23-19-17(20(26)24(21)4)14-8-6-10-16(14)28-19/h11-13,15H,5-10H2,1-4H3,(H,22,25)/t11-,12-,13-,15+/m1/s1. The van der Waals surface area contributed by atoms with Crippen molar-refractivity contribution in [3.63, 3.8) is 0 Å². The van der Waals surface area contributed by atoms with E-state index in [1.807, 2.05) is 6.92 Å². The fraction of sp³-hybridized carbons (Fsp3) is 0.667. The van der Waals surface area contributed by atoms with Crippen LogP contribution in [0.5, 0.6) is 0 Å². The summed E-state index contributed by atoms with van der Waals surface area (Å²) in [5, 5.41) is 4.39. The van der Waals surface area contributed by atoms with Crippen molar-refractivity contribution in [2.45, 2.75) is 75.7 Å². The maximum absolute atomic E-state index is 12.9. The van der Waals surface area contributed by atoms with Gasteiger partial charge in [-0.25, -0.2) is 4.98 Å². The average Bonchev–Trinajstić information content (AvgIpc) is 3.23. The minimum absolute atomic E-state index is 0.0224. The van der Waals surface area contributed by atoms with Crippen LogP contribution in [0.15, 0.2) is 9.95 Å². The number of rotatable bonds is 4. The number of amides is 1. The van der Waals surface area contributed by atoms with Crippen LogP contribution in [-0.4, -0.2) is 26.8 Å². The van der Waals surface area contributed by atoms with Gasteiger partial charge in [0.25, 0.3) is 5.56 Å². The fourth-order valence-electron chi connectivity index (χ4n) is 4.51. The molecule has 5 nitrogen and oxygen atoms in total. The SMILES string of the molecule is C[C@@H]1[C@H](C)CCC[C@@H]1NC(=O)[C@@H](C)Sc1nc2sc3c(c2c(=O)n1C)CCC3. The molecule has 7 heteroatoms. The summed E-state index contributed by atoms with van der Waals surface area (Å²) in [6.07, 6.45) is 6.64. The van der Waals surface area contributed by atoms with Gasteiger partial charge < -0.3 is 5.32 Å². The smallest absolute Gasteiger partial charge is 0.262 e. The van der Waals surface area contributed by atoms with Crippen LogP contribution in [0.2, 0.25) is 0 Å². The molecule has 0 aromatic carbocycles. The molecular weight excluding hydrogens is 390 g/mol. The van der Waals surface area contributed by atoms with Crippen LogP contribution in [0.25, 0.3) is 10.2 Å². The lowest BCUT2D eigenvalue weighted by molar-refractivity contribution is -0.121. The van der Waals surface area contributed by atoms with Crippen molar-refractivity contribution >= 4 is 39.2 Å². The highest BCUT2D eigenvalue weighted by atomic mass is 32.2. The first-order valence-corrected chi connectivity index (χ1v) is 12.0. The molecule has 0 aliphatic heterocycles. The Labute approximate surface area is 174 Å². The largest absolute Gasteiger partial charge is 0.352 e. The van der Waals surface area contributed by atoms with E-state index in [4.69, 9.17) is 4.98 Å². The molecule has 1 fully saturated rings. The summed E-state index contributed by atoms with van der Waals surface area (Å²) in [6.45, 7) is 6.41. The van der Waals surface area contributed by atoms with Gasteiger partial charge in [0.1, 0.15) is 4.83 Å². The third-order valence-corrected chi connectivity index (χ3v) is 8.92. The second-order valence-corrected chi connectivity index (χ2v) is 10.8. The second kappa shape index (κ2) is 7.82. The zero-order valence-electron chi connectivity index (χ0n) is 17.1. The molecule has 28 heavy (non-hydrogen) atoms. The lowest BCUT2D eigenvalue weighted by atomic mass is 9.78. The summed E-state index contributed by atoms with van der Waals surface area (Å²) in [7, 11) is 1.77. The van der Waals surface area contributed by atoms with Crippen LogP contribution in [0.4, 0.5) is 0 Å². The van der Waals surface area contributed by atoms with Crippen LogP contribution >= 0.6 is 23.1 Å². The molecule has 0 spiro atoms. The number of nitrogens with zero attached hydrogens (tertiary/aromatic N) is 2. The predicted molar refractivity (Wildman–Crippen MR) is 116 cm³/mol. The van der Waals surface area contributed by atoms with Gasteiger partial charge in [-0.3, -0.25) is 14.2 Å². The highest BCUT2D eigenvalue weighted by Crippen LogP contribution is 2.36. The van der Waals surface area contributed by atoms with E-state index < -0.39 is 0 Å². The van der Waals surface area contributed by atoms with E-state index in [1.54, 1.807) is 23.0 Å². The summed E-state index contributed by atoms with van der Waals surface area (Å²) in [4.78, 5) is 32.6. The summed E-state index contributed by atoms with van der Waals surface area (Å²) in [5.41, 5.74) is 1.23. The Bertz CT molecular complexity index is 965. The van der Waals surface area contributed by atoms with Crippen molar-refractivity contribution in [3.8, 4) is 0 Å². The zero-order valence-corrected chi connectivity index (χ0v) is 18.7. The van der Waals surface area contributed by atoms with Crippen molar-refractivity contribution in [2.75, 3.05) is 0 Å². The third-order valence-electron chi connectivity index (χ3n) is 6.59. The van der Waals surface area contributed by atoms with Crippen molar-refractivity contribution in [3.05, 3.63) is 20.8 Å². The fourth-order valence-corrected chi connectivity index (χ4v) is 6.69. The number of carbonyl (C=O) groups excluding carboxylic acids is 1. The summed E-state index contributed by atoms with van der Waals surface area (Å²) >= 11 is 3.03. The number of thioether (sulfide) groups is 1. The Morgan fingerprint density at radius 1 is 1.29 bits per heavy atom. The minimum atomic E-state index is -0.285. The Hall–Kier alpha value is -1.34. The van der Waals surface area contributed by atoms with Crippen molar-refractivity contribution in [1.29, 1.82) is 0 Å². The van der Waals surface area contributed by atoms with Crippen LogP contribution in [0, 0.1) is 11.8 Å². The molecule has 0 radical (unpaired) electrons.